The smallest absolute Gasteiger partial charge is 0.0952 e. The van der Waals surface area contributed by atoms with E-state index in [0.717, 1.165) is 5.01 Å². The average molecular weight is 385 g/mol. The molecule has 4 rings (SSSR count). The van der Waals surface area contributed by atoms with Crippen molar-refractivity contribution >= 4 is 11.3 Å². The topological polar surface area (TPSA) is 24.9 Å². The van der Waals surface area contributed by atoms with Gasteiger partial charge in [0.25, 0.3) is 0 Å². The Kier molecular flexibility index (Phi) is 5.38. The molecule has 3 heteroatoms. The average Bonchev–Trinajstić information content (AvgIpc) is 3.20. The highest BCUT2D eigenvalue weighted by Gasteiger charge is 2.37. The van der Waals surface area contributed by atoms with Crippen LogP contribution in [0, 0.1) is 6.92 Å². The van der Waals surface area contributed by atoms with Gasteiger partial charge in [-0.05, 0) is 30.5 Å². The van der Waals surface area contributed by atoms with Crippen LogP contribution in [0.3, 0.4) is 0 Å². The number of nitrogens with zero attached hydrogens (tertiary/aromatic N) is 1. The zero-order valence-electron chi connectivity index (χ0n) is 16.2. The molecular weight excluding hydrogens is 360 g/mol. The Labute approximate surface area is 170 Å². The predicted molar refractivity (Wildman–Crippen MR) is 118 cm³/mol. The van der Waals surface area contributed by atoms with Gasteiger partial charge < -0.3 is 0 Å². The fourth-order valence-corrected chi connectivity index (χ4v) is 4.58. The number of rotatable bonds is 6. The fraction of sp³-hybridized carbons (Fsp3) is 0.160. The quantitative estimate of drug-likeness (QED) is 0.407. The summed E-state index contributed by atoms with van der Waals surface area (Å²) < 4.78 is 0. The molecule has 0 saturated carbocycles. The minimum atomic E-state index is -0.457. The molecule has 1 heterocycles. The zero-order chi connectivity index (χ0) is 19.4. The van der Waals surface area contributed by atoms with Crippen LogP contribution < -0.4 is 5.32 Å². The lowest BCUT2D eigenvalue weighted by Gasteiger charge is -2.39. The second-order valence-corrected chi connectivity index (χ2v) is 8.26. The van der Waals surface area contributed by atoms with Crippen molar-refractivity contribution in [3.8, 4) is 0 Å². The zero-order valence-corrected chi connectivity index (χ0v) is 17.0. The Hall–Kier alpha value is -2.75. The summed E-state index contributed by atoms with van der Waals surface area (Å²) in [6, 6.07) is 32.3. The summed E-state index contributed by atoms with van der Waals surface area (Å²) >= 11 is 1.75. The second kappa shape index (κ2) is 8.09. The lowest BCUT2D eigenvalue weighted by Crippen LogP contribution is -2.45. The van der Waals surface area contributed by atoms with Crippen molar-refractivity contribution in [3.05, 3.63) is 124 Å². The molecule has 0 aliphatic rings. The number of hydrogen-bond donors (Lipinski definition) is 1. The van der Waals surface area contributed by atoms with E-state index in [1.54, 1.807) is 11.3 Å². The summed E-state index contributed by atoms with van der Waals surface area (Å²) in [5.74, 6) is 0. The summed E-state index contributed by atoms with van der Waals surface area (Å²) in [4.78, 5) is 5.70. The van der Waals surface area contributed by atoms with Crippen molar-refractivity contribution in [1.82, 2.24) is 10.3 Å². The van der Waals surface area contributed by atoms with Crippen molar-refractivity contribution in [2.45, 2.75) is 25.4 Å². The van der Waals surface area contributed by atoms with Gasteiger partial charge in [-0.3, -0.25) is 5.32 Å². The van der Waals surface area contributed by atoms with Crippen LogP contribution in [0.25, 0.3) is 0 Å². The molecule has 1 aromatic heterocycles. The van der Waals surface area contributed by atoms with Crippen LogP contribution in [0.1, 0.15) is 39.5 Å². The molecule has 0 spiro atoms. The molecule has 2 nitrogen and oxygen atoms in total. The predicted octanol–water partition coefficient (Wildman–Crippen LogP) is 6.09. The molecule has 0 fully saturated rings. The maximum atomic E-state index is 4.46. The highest BCUT2D eigenvalue weighted by molar-refractivity contribution is 7.11. The van der Waals surface area contributed by atoms with Crippen LogP contribution in [-0.2, 0) is 5.54 Å². The van der Waals surface area contributed by atoms with E-state index in [1.165, 1.54) is 21.6 Å². The first-order valence-corrected chi connectivity index (χ1v) is 10.4. The molecule has 0 bridgehead atoms. The van der Waals surface area contributed by atoms with E-state index in [-0.39, 0.29) is 6.04 Å². The fourth-order valence-electron chi connectivity index (χ4n) is 3.79. The first-order chi connectivity index (χ1) is 13.7. The standard InChI is InChI=1S/C25H24N2S/c1-19(24-18-26-20(2)28-24)27-25(21-12-6-3-7-13-21,22-14-8-4-9-15-22)23-16-10-5-11-17-23/h3-19,27H,1-2H3. The number of hydrogen-bond acceptors (Lipinski definition) is 3. The Morgan fingerprint density at radius 2 is 1.18 bits per heavy atom. The highest BCUT2D eigenvalue weighted by atomic mass is 32.1. The highest BCUT2D eigenvalue weighted by Crippen LogP contribution is 2.39. The Bertz CT molecular complexity index is 913. The largest absolute Gasteiger partial charge is 0.292 e. The third kappa shape index (κ3) is 3.51. The van der Waals surface area contributed by atoms with Crippen LogP contribution in [0.5, 0.6) is 0 Å². The summed E-state index contributed by atoms with van der Waals surface area (Å²) in [6.07, 6.45) is 1.99. The molecule has 0 radical (unpaired) electrons. The third-order valence-corrected chi connectivity index (χ3v) is 6.21. The van der Waals surface area contributed by atoms with Crippen molar-refractivity contribution in [2.24, 2.45) is 0 Å². The Morgan fingerprint density at radius 3 is 1.54 bits per heavy atom. The molecule has 28 heavy (non-hydrogen) atoms. The molecule has 1 atom stereocenters. The van der Waals surface area contributed by atoms with E-state index in [2.05, 4.69) is 115 Å². The van der Waals surface area contributed by atoms with Gasteiger partial charge in [-0.25, -0.2) is 4.98 Å². The number of aromatic nitrogens is 1. The number of aryl methyl sites for hydroxylation is 1. The van der Waals surface area contributed by atoms with E-state index < -0.39 is 5.54 Å². The number of thiazole rings is 1. The third-order valence-electron chi connectivity index (χ3n) is 5.12. The lowest BCUT2D eigenvalue weighted by atomic mass is 9.76. The lowest BCUT2D eigenvalue weighted by molar-refractivity contribution is 0.418. The van der Waals surface area contributed by atoms with Gasteiger partial charge in [0.1, 0.15) is 0 Å². The summed E-state index contributed by atoms with van der Waals surface area (Å²) in [6.45, 7) is 4.27. The molecule has 0 aliphatic carbocycles. The van der Waals surface area contributed by atoms with E-state index in [4.69, 9.17) is 0 Å². The van der Waals surface area contributed by atoms with Crippen LogP contribution in [-0.4, -0.2) is 4.98 Å². The van der Waals surface area contributed by atoms with Gasteiger partial charge in [0.15, 0.2) is 0 Å². The maximum Gasteiger partial charge on any atom is 0.0952 e. The Morgan fingerprint density at radius 1 is 0.750 bits per heavy atom. The monoisotopic (exact) mass is 384 g/mol. The van der Waals surface area contributed by atoms with Crippen molar-refractivity contribution in [3.63, 3.8) is 0 Å². The molecule has 1 N–H and O–H groups in total. The van der Waals surface area contributed by atoms with Crippen LogP contribution in [0.15, 0.2) is 97.2 Å². The van der Waals surface area contributed by atoms with Crippen LogP contribution in [0.4, 0.5) is 0 Å². The van der Waals surface area contributed by atoms with Gasteiger partial charge >= 0.3 is 0 Å². The molecule has 0 saturated heterocycles. The first kappa shape index (κ1) is 18.6. The molecule has 4 aromatic rings. The van der Waals surface area contributed by atoms with Gasteiger partial charge in [0.05, 0.1) is 10.5 Å². The van der Waals surface area contributed by atoms with Crippen molar-refractivity contribution in [2.75, 3.05) is 0 Å². The summed E-state index contributed by atoms with van der Waals surface area (Å²) in [7, 11) is 0. The second-order valence-electron chi connectivity index (χ2n) is 7.00. The van der Waals surface area contributed by atoms with E-state index in [1.807, 2.05) is 6.20 Å². The SMILES string of the molecule is Cc1ncc(C(C)NC(c2ccccc2)(c2ccccc2)c2ccccc2)s1. The molecule has 1 unspecified atom stereocenters. The normalized spacial score (nSPS) is 12.6. The molecule has 0 aliphatic heterocycles. The Balaban J connectivity index is 1.93. The minimum Gasteiger partial charge on any atom is -0.292 e. The minimum absolute atomic E-state index is 0.145. The molecule has 0 amide bonds. The van der Waals surface area contributed by atoms with Gasteiger partial charge in [0.2, 0.25) is 0 Å². The van der Waals surface area contributed by atoms with E-state index in [0.29, 0.717) is 0 Å². The van der Waals surface area contributed by atoms with Crippen molar-refractivity contribution in [1.29, 1.82) is 0 Å². The van der Waals surface area contributed by atoms with Gasteiger partial charge in [-0.1, -0.05) is 91.0 Å². The van der Waals surface area contributed by atoms with Gasteiger partial charge in [0, 0.05) is 17.1 Å². The van der Waals surface area contributed by atoms with Crippen LogP contribution in [0.2, 0.25) is 0 Å². The van der Waals surface area contributed by atoms with Gasteiger partial charge in [-0.15, -0.1) is 11.3 Å². The van der Waals surface area contributed by atoms with E-state index >= 15 is 0 Å². The molecule has 3 aromatic carbocycles. The van der Waals surface area contributed by atoms with E-state index in [9.17, 15) is 0 Å². The van der Waals surface area contributed by atoms with Crippen LogP contribution >= 0.6 is 11.3 Å². The van der Waals surface area contributed by atoms with Gasteiger partial charge in [-0.2, -0.15) is 0 Å². The molecular formula is C25H24N2S. The number of benzene rings is 3. The summed E-state index contributed by atoms with van der Waals surface area (Å²) in [5.41, 5.74) is 3.21. The van der Waals surface area contributed by atoms with Crippen molar-refractivity contribution < 1.29 is 0 Å². The number of nitrogens with one attached hydrogen (secondary N) is 1. The summed E-state index contributed by atoms with van der Waals surface area (Å²) in [5, 5.41) is 5.07. The molecule has 140 valence electrons. The first-order valence-electron chi connectivity index (χ1n) is 9.57. The maximum absolute atomic E-state index is 4.46.